The zero-order valence-electron chi connectivity index (χ0n) is 11.2. The SMILES string of the molecule is O=C(CNc1ccccc1)Nc1ccc(Cl)cc1C(F)(F)F. The summed E-state index contributed by atoms with van der Waals surface area (Å²) in [7, 11) is 0. The Labute approximate surface area is 130 Å². The Balaban J connectivity index is 2.06. The van der Waals surface area contributed by atoms with E-state index in [4.69, 9.17) is 11.6 Å². The zero-order chi connectivity index (χ0) is 16.2. The molecule has 0 unspecified atom stereocenters. The topological polar surface area (TPSA) is 41.1 Å². The summed E-state index contributed by atoms with van der Waals surface area (Å²) in [6.45, 7) is -0.149. The molecule has 2 N–H and O–H groups in total. The number of hydrogen-bond acceptors (Lipinski definition) is 2. The predicted octanol–water partition coefficient (Wildman–Crippen LogP) is 4.41. The second-order valence-electron chi connectivity index (χ2n) is 4.46. The third kappa shape index (κ3) is 4.39. The summed E-state index contributed by atoms with van der Waals surface area (Å²) >= 11 is 5.58. The number of hydrogen-bond donors (Lipinski definition) is 2. The largest absolute Gasteiger partial charge is 0.418 e. The van der Waals surface area contributed by atoms with Gasteiger partial charge in [-0.05, 0) is 30.3 Å². The van der Waals surface area contributed by atoms with Crippen LogP contribution in [-0.4, -0.2) is 12.5 Å². The summed E-state index contributed by atoms with van der Waals surface area (Å²) in [5, 5.41) is 5.00. The first-order valence-electron chi connectivity index (χ1n) is 6.32. The number of anilines is 2. The second-order valence-corrected chi connectivity index (χ2v) is 4.89. The fourth-order valence-corrected chi connectivity index (χ4v) is 1.96. The Morgan fingerprint density at radius 2 is 1.77 bits per heavy atom. The maximum atomic E-state index is 12.9. The minimum Gasteiger partial charge on any atom is -0.376 e. The van der Waals surface area contributed by atoms with Gasteiger partial charge in [-0.2, -0.15) is 13.2 Å². The minimum atomic E-state index is -4.60. The molecule has 0 spiro atoms. The molecule has 0 saturated carbocycles. The van der Waals surface area contributed by atoms with Crippen LogP contribution in [0.5, 0.6) is 0 Å². The average Bonchev–Trinajstić information content (AvgIpc) is 2.47. The molecule has 0 radical (unpaired) electrons. The molecule has 0 atom stereocenters. The maximum Gasteiger partial charge on any atom is 0.418 e. The highest BCUT2D eigenvalue weighted by Gasteiger charge is 2.34. The number of carbonyl (C=O) groups excluding carboxylic acids is 1. The molecule has 0 heterocycles. The van der Waals surface area contributed by atoms with Crippen LogP contribution in [0, 0.1) is 0 Å². The molecular formula is C15H12ClF3N2O. The van der Waals surface area contributed by atoms with Crippen molar-refractivity contribution >= 4 is 28.9 Å². The first-order chi connectivity index (χ1) is 10.4. The van der Waals surface area contributed by atoms with Crippen LogP contribution in [0.3, 0.4) is 0 Å². The lowest BCUT2D eigenvalue weighted by Gasteiger charge is -2.14. The minimum absolute atomic E-state index is 0.0484. The lowest BCUT2D eigenvalue weighted by atomic mass is 10.1. The van der Waals surface area contributed by atoms with Gasteiger partial charge in [0, 0.05) is 10.7 Å². The molecule has 0 fully saturated rings. The van der Waals surface area contributed by atoms with Crippen molar-refractivity contribution in [1.82, 2.24) is 0 Å². The summed E-state index contributed by atoms with van der Waals surface area (Å²) < 4.78 is 38.7. The van der Waals surface area contributed by atoms with E-state index in [9.17, 15) is 18.0 Å². The number of amides is 1. The van der Waals surface area contributed by atoms with Gasteiger partial charge in [0.05, 0.1) is 17.8 Å². The van der Waals surface area contributed by atoms with Crippen molar-refractivity contribution < 1.29 is 18.0 Å². The fraction of sp³-hybridized carbons (Fsp3) is 0.133. The highest BCUT2D eigenvalue weighted by atomic mass is 35.5. The molecule has 3 nitrogen and oxygen atoms in total. The van der Waals surface area contributed by atoms with Crippen molar-refractivity contribution in [2.75, 3.05) is 17.2 Å². The molecule has 22 heavy (non-hydrogen) atoms. The van der Waals surface area contributed by atoms with Gasteiger partial charge in [0.1, 0.15) is 0 Å². The highest BCUT2D eigenvalue weighted by Crippen LogP contribution is 2.36. The van der Waals surface area contributed by atoms with Gasteiger partial charge in [-0.25, -0.2) is 0 Å². The Kier molecular flexibility index (Phi) is 4.92. The maximum absolute atomic E-state index is 12.9. The molecule has 0 aliphatic carbocycles. The van der Waals surface area contributed by atoms with Crippen molar-refractivity contribution in [1.29, 1.82) is 0 Å². The van der Waals surface area contributed by atoms with Gasteiger partial charge in [0.15, 0.2) is 0 Å². The Bertz CT molecular complexity index is 660. The van der Waals surface area contributed by atoms with E-state index in [0.29, 0.717) is 5.69 Å². The molecular weight excluding hydrogens is 317 g/mol. The van der Waals surface area contributed by atoms with Crippen LogP contribution >= 0.6 is 11.6 Å². The predicted molar refractivity (Wildman–Crippen MR) is 80.0 cm³/mol. The van der Waals surface area contributed by atoms with Gasteiger partial charge in [-0.3, -0.25) is 4.79 Å². The van der Waals surface area contributed by atoms with E-state index >= 15 is 0 Å². The molecule has 116 valence electrons. The molecule has 0 bridgehead atoms. The number of carbonyl (C=O) groups is 1. The second kappa shape index (κ2) is 6.70. The van der Waals surface area contributed by atoms with Gasteiger partial charge in [0.2, 0.25) is 5.91 Å². The first kappa shape index (κ1) is 16.2. The molecule has 2 rings (SSSR count). The van der Waals surface area contributed by atoms with Crippen LogP contribution in [0.1, 0.15) is 5.56 Å². The van der Waals surface area contributed by atoms with Crippen molar-refractivity contribution in [3.8, 4) is 0 Å². The molecule has 2 aromatic carbocycles. The monoisotopic (exact) mass is 328 g/mol. The van der Waals surface area contributed by atoms with Crippen molar-refractivity contribution in [2.45, 2.75) is 6.18 Å². The third-order valence-electron chi connectivity index (χ3n) is 2.79. The average molecular weight is 329 g/mol. The van der Waals surface area contributed by atoms with Gasteiger partial charge in [-0.15, -0.1) is 0 Å². The van der Waals surface area contributed by atoms with E-state index in [2.05, 4.69) is 10.6 Å². The fourth-order valence-electron chi connectivity index (χ4n) is 1.79. The van der Waals surface area contributed by atoms with Crippen LogP contribution in [0.2, 0.25) is 5.02 Å². The summed E-state index contributed by atoms with van der Waals surface area (Å²) in [5.41, 5.74) is -0.602. The smallest absolute Gasteiger partial charge is 0.376 e. The molecule has 0 aromatic heterocycles. The van der Waals surface area contributed by atoms with Gasteiger partial charge >= 0.3 is 6.18 Å². The number of alkyl halides is 3. The first-order valence-corrected chi connectivity index (χ1v) is 6.69. The number of nitrogens with one attached hydrogen (secondary N) is 2. The normalized spacial score (nSPS) is 11.1. The quantitative estimate of drug-likeness (QED) is 0.873. The molecule has 0 saturated heterocycles. The zero-order valence-corrected chi connectivity index (χ0v) is 12.0. The molecule has 1 amide bonds. The van der Waals surface area contributed by atoms with E-state index < -0.39 is 17.6 Å². The van der Waals surface area contributed by atoms with Crippen molar-refractivity contribution in [2.24, 2.45) is 0 Å². The number of para-hydroxylation sites is 1. The number of rotatable bonds is 4. The summed E-state index contributed by atoms with van der Waals surface area (Å²) in [6.07, 6.45) is -4.60. The van der Waals surface area contributed by atoms with E-state index in [1.165, 1.54) is 6.07 Å². The van der Waals surface area contributed by atoms with Crippen molar-refractivity contribution in [3.63, 3.8) is 0 Å². The standard InChI is InChI=1S/C15H12ClF3N2O/c16-10-6-7-13(12(8-10)15(17,18)19)21-14(22)9-20-11-4-2-1-3-5-11/h1-8,20H,9H2,(H,21,22). The summed E-state index contributed by atoms with van der Waals surface area (Å²) in [5.74, 6) is -0.586. The van der Waals surface area contributed by atoms with Crippen LogP contribution in [0.15, 0.2) is 48.5 Å². The summed E-state index contributed by atoms with van der Waals surface area (Å²) in [4.78, 5) is 11.8. The lowest BCUT2D eigenvalue weighted by Crippen LogP contribution is -2.23. The van der Waals surface area contributed by atoms with E-state index in [0.717, 1.165) is 12.1 Å². The van der Waals surface area contributed by atoms with Gasteiger partial charge in [-0.1, -0.05) is 29.8 Å². The number of halogens is 4. The summed E-state index contributed by atoms with van der Waals surface area (Å²) in [6, 6.07) is 12.1. The Morgan fingerprint density at radius 1 is 1.09 bits per heavy atom. The van der Waals surface area contributed by atoms with E-state index in [1.807, 2.05) is 6.07 Å². The highest BCUT2D eigenvalue weighted by molar-refractivity contribution is 6.30. The van der Waals surface area contributed by atoms with Gasteiger partial charge in [0.25, 0.3) is 0 Å². The molecule has 7 heteroatoms. The lowest BCUT2D eigenvalue weighted by molar-refractivity contribution is -0.137. The molecule has 0 aliphatic heterocycles. The Morgan fingerprint density at radius 3 is 2.41 bits per heavy atom. The van der Waals surface area contributed by atoms with E-state index in [-0.39, 0.29) is 17.3 Å². The Hall–Kier alpha value is -2.21. The van der Waals surface area contributed by atoms with Crippen LogP contribution in [0.25, 0.3) is 0 Å². The molecule has 2 aromatic rings. The van der Waals surface area contributed by atoms with Gasteiger partial charge < -0.3 is 10.6 Å². The van der Waals surface area contributed by atoms with E-state index in [1.54, 1.807) is 24.3 Å². The van der Waals surface area contributed by atoms with Crippen LogP contribution in [0.4, 0.5) is 24.5 Å². The van der Waals surface area contributed by atoms with Crippen molar-refractivity contribution in [3.05, 3.63) is 59.1 Å². The third-order valence-corrected chi connectivity index (χ3v) is 3.02. The van der Waals surface area contributed by atoms with Crippen LogP contribution < -0.4 is 10.6 Å². The van der Waals surface area contributed by atoms with Crippen LogP contribution in [-0.2, 0) is 11.0 Å². The molecule has 0 aliphatic rings. The number of benzene rings is 2.